The van der Waals surface area contributed by atoms with Gasteiger partial charge in [0, 0.05) is 29.8 Å². The molecule has 6 aromatic rings. The van der Waals surface area contributed by atoms with Crippen LogP contribution in [0.25, 0.3) is 22.3 Å². The first-order valence-corrected chi connectivity index (χ1v) is 37.5. The molecule has 0 fully saturated rings. The summed E-state index contributed by atoms with van der Waals surface area (Å²) in [7, 11) is -9.09. The number of benzene rings is 2. The number of nitrogens with zero attached hydrogens (tertiary/aromatic N) is 8. The zero-order valence-corrected chi connectivity index (χ0v) is 55.0. The zero-order chi connectivity index (χ0) is 62.3. The molecule has 4 heterocycles. The average Bonchev–Trinajstić information content (AvgIpc) is 2.50. The minimum Gasteiger partial charge on any atom is -0.382 e. The molecule has 472 valence electrons. The lowest BCUT2D eigenvalue weighted by Crippen LogP contribution is -2.18. The van der Waals surface area contributed by atoms with E-state index in [0.29, 0.717) is 60.3 Å². The van der Waals surface area contributed by atoms with Crippen LogP contribution in [-0.4, -0.2) is 121 Å². The van der Waals surface area contributed by atoms with E-state index in [4.69, 9.17) is 39.5 Å². The molecular formula is C63H96N10O10P2Si. The first kappa shape index (κ1) is 71.4. The Morgan fingerprint density at radius 3 is 1.31 bits per heavy atom. The smallest absolute Gasteiger partial charge is 0.353 e. The summed E-state index contributed by atoms with van der Waals surface area (Å²) in [6.45, 7) is 19.4. The van der Waals surface area contributed by atoms with E-state index in [1.807, 2.05) is 0 Å². The maximum absolute atomic E-state index is 12.3. The Morgan fingerprint density at radius 1 is 0.535 bits per heavy atom. The van der Waals surface area contributed by atoms with Crippen LogP contribution in [0.15, 0.2) is 73.8 Å². The SMILES string of the molecule is C[C@H](Cn1cnc2c(N)ncnc21)OCP(=O)(O)OCCOCCCCCCCCCc1ccc(C#CC(C)(C)C)cc1.C[C@H](Cn1cnc2c(N)ncnc21)OCP(=O)(O)OCCOCCCCCCCCCc1ccc(C#C[Si](C)(C)C)cc1. The molecule has 6 rings (SSSR count). The van der Waals surface area contributed by atoms with Crippen molar-refractivity contribution in [2.75, 3.05) is 63.8 Å². The lowest BCUT2D eigenvalue weighted by atomic mass is 9.97. The van der Waals surface area contributed by atoms with E-state index in [0.717, 1.165) is 49.7 Å². The van der Waals surface area contributed by atoms with Crippen LogP contribution >= 0.6 is 15.2 Å². The summed E-state index contributed by atoms with van der Waals surface area (Å²) in [5, 5.41) is 0. The third-order valence-electron chi connectivity index (χ3n) is 13.4. The molecule has 0 radical (unpaired) electrons. The van der Waals surface area contributed by atoms with Gasteiger partial charge in [0.15, 0.2) is 22.9 Å². The van der Waals surface area contributed by atoms with Crippen LogP contribution in [0.3, 0.4) is 0 Å². The van der Waals surface area contributed by atoms with Gasteiger partial charge in [-0.15, -0.1) is 5.54 Å². The van der Waals surface area contributed by atoms with Gasteiger partial charge in [0.05, 0.1) is 64.4 Å². The van der Waals surface area contributed by atoms with Gasteiger partial charge in [0.2, 0.25) is 0 Å². The Labute approximate surface area is 511 Å². The summed E-state index contributed by atoms with van der Waals surface area (Å²) in [6.07, 6.45) is 23.1. The first-order chi connectivity index (χ1) is 41.0. The average molecular weight is 1240 g/mol. The quantitative estimate of drug-likeness (QED) is 0.0121. The lowest BCUT2D eigenvalue weighted by molar-refractivity contribution is 0.0610. The molecule has 23 heteroatoms. The molecule has 0 spiro atoms. The second-order valence-electron chi connectivity index (χ2n) is 23.9. The van der Waals surface area contributed by atoms with Crippen LogP contribution < -0.4 is 11.5 Å². The van der Waals surface area contributed by atoms with E-state index in [1.54, 1.807) is 35.6 Å². The molecule has 0 saturated carbocycles. The Bertz CT molecular complexity index is 2940. The van der Waals surface area contributed by atoms with Gasteiger partial charge >= 0.3 is 15.2 Å². The highest BCUT2D eigenvalue weighted by Gasteiger charge is 2.23. The van der Waals surface area contributed by atoms with E-state index in [2.05, 4.69) is 142 Å². The van der Waals surface area contributed by atoms with Crippen molar-refractivity contribution in [2.45, 2.75) is 182 Å². The number of imidazole rings is 2. The molecule has 0 aliphatic heterocycles. The number of anilines is 2. The molecular weight excluding hydrogens is 1150 g/mol. The van der Waals surface area contributed by atoms with Crippen molar-refractivity contribution < 1.29 is 46.9 Å². The molecule has 2 aromatic carbocycles. The number of rotatable bonds is 38. The number of fused-ring (bicyclic) bond motifs is 2. The molecule has 0 aliphatic carbocycles. The summed E-state index contributed by atoms with van der Waals surface area (Å²) in [5.74, 6) is 10.4. The van der Waals surface area contributed by atoms with Crippen LogP contribution in [-0.2, 0) is 63.1 Å². The highest BCUT2D eigenvalue weighted by Crippen LogP contribution is 2.43. The number of ether oxygens (including phenoxy) is 4. The summed E-state index contributed by atoms with van der Waals surface area (Å²) < 4.78 is 60.7. The molecule has 20 nitrogen and oxygen atoms in total. The maximum atomic E-state index is 12.3. The highest BCUT2D eigenvalue weighted by atomic mass is 31.2. The largest absolute Gasteiger partial charge is 0.382 e. The van der Waals surface area contributed by atoms with Crippen molar-refractivity contribution in [1.82, 2.24) is 39.0 Å². The van der Waals surface area contributed by atoms with Crippen molar-refractivity contribution >= 4 is 57.2 Å². The Balaban J connectivity index is 0.000000314. The fourth-order valence-corrected chi connectivity index (χ4v) is 11.1. The topological polar surface area (TPSA) is 269 Å². The minimum absolute atomic E-state index is 0.0256. The van der Waals surface area contributed by atoms with Gasteiger partial charge < -0.3 is 58.4 Å². The summed E-state index contributed by atoms with van der Waals surface area (Å²) in [5.41, 5.74) is 22.2. The Kier molecular flexibility index (Phi) is 31.1. The molecule has 0 saturated heterocycles. The predicted octanol–water partition coefficient (Wildman–Crippen LogP) is 12.6. The van der Waals surface area contributed by atoms with E-state index < -0.39 is 36.0 Å². The predicted molar refractivity (Wildman–Crippen MR) is 345 cm³/mol. The van der Waals surface area contributed by atoms with Crippen molar-refractivity contribution in [2.24, 2.45) is 5.41 Å². The van der Waals surface area contributed by atoms with Crippen LogP contribution in [0.1, 0.15) is 147 Å². The van der Waals surface area contributed by atoms with Gasteiger partial charge in [-0.3, -0.25) is 9.13 Å². The minimum atomic E-state index is -3.88. The number of nitrogens with two attached hydrogens (primary N) is 2. The van der Waals surface area contributed by atoms with Crippen LogP contribution in [0.4, 0.5) is 11.6 Å². The van der Waals surface area contributed by atoms with Crippen LogP contribution in [0, 0.1) is 28.7 Å². The molecule has 4 atom stereocenters. The van der Waals surface area contributed by atoms with Gasteiger partial charge in [-0.25, -0.2) is 29.9 Å². The number of aromatic nitrogens is 8. The van der Waals surface area contributed by atoms with Crippen LogP contribution in [0.2, 0.25) is 19.6 Å². The van der Waals surface area contributed by atoms with Gasteiger partial charge in [0.25, 0.3) is 0 Å². The van der Waals surface area contributed by atoms with E-state index >= 15 is 0 Å². The molecule has 0 amide bonds. The maximum Gasteiger partial charge on any atom is 0.353 e. The standard InChI is InChI=1S/C32H48N5O5P.C31H48N5O5PSi/c1-26(22-37-24-36-29-30(33)34-23-35-31(29)37)41-25-43(38,39)42-21-20-40-19-11-9-7-5-6-8-10-12-27-13-15-28(16-14-27)17-18-32(2,3)4;1-26(22-36-24-35-29-30(32)33-23-34-31(29)36)40-25-42(37,38)41-20-19-39-18-11-9-7-5-6-8-10-12-27-13-15-28(16-14-27)17-21-43(2,3)4/h13-16,23-24,26H,5-12,19-22,25H2,1-4H3,(H,38,39)(H2,33,34,35);13-16,23-24,26H,5-12,18-20,22,25H2,1-4H3,(H,37,38)(H2,32,33,34)/t2*26-/m11/s1. The van der Waals surface area contributed by atoms with Gasteiger partial charge in [-0.05, 0) is 109 Å². The highest BCUT2D eigenvalue weighted by molar-refractivity contribution is 7.52. The zero-order valence-electron chi connectivity index (χ0n) is 52.3. The number of unbranched alkanes of at least 4 members (excludes halogenated alkanes) is 12. The van der Waals surface area contributed by atoms with Crippen molar-refractivity contribution in [3.05, 3.63) is 96.1 Å². The van der Waals surface area contributed by atoms with Crippen molar-refractivity contribution in [3.63, 3.8) is 0 Å². The number of nitrogen functional groups attached to an aromatic ring is 2. The van der Waals surface area contributed by atoms with Gasteiger partial charge in [0.1, 0.15) is 44.5 Å². The molecule has 2 unspecified atom stereocenters. The summed E-state index contributed by atoms with van der Waals surface area (Å²) in [4.78, 5) is 44.8. The Hall–Kier alpha value is -5.38. The second-order valence-corrected chi connectivity index (χ2v) is 32.2. The van der Waals surface area contributed by atoms with Crippen molar-refractivity contribution in [3.8, 4) is 23.3 Å². The van der Waals surface area contributed by atoms with E-state index in [1.165, 1.54) is 88.0 Å². The van der Waals surface area contributed by atoms with Crippen molar-refractivity contribution in [1.29, 1.82) is 0 Å². The fourth-order valence-electron chi connectivity index (χ4n) is 8.79. The number of aryl methyl sites for hydroxylation is 2. The van der Waals surface area contributed by atoms with Gasteiger partial charge in [-0.1, -0.05) is 126 Å². The molecule has 0 bridgehead atoms. The number of hydrogen-bond donors (Lipinski definition) is 4. The van der Waals surface area contributed by atoms with E-state index in [9.17, 15) is 18.9 Å². The van der Waals surface area contributed by atoms with Crippen LogP contribution in [0.5, 0.6) is 0 Å². The van der Waals surface area contributed by atoms with E-state index in [-0.39, 0.29) is 44.1 Å². The fraction of sp³-hybridized carbons (Fsp3) is 0.587. The molecule has 6 N–H and O–H groups in total. The Morgan fingerprint density at radius 2 is 0.919 bits per heavy atom. The third kappa shape index (κ3) is 29.5. The molecule has 86 heavy (non-hydrogen) atoms. The summed E-state index contributed by atoms with van der Waals surface area (Å²) in [6, 6.07) is 17.4. The second kappa shape index (κ2) is 37.5. The summed E-state index contributed by atoms with van der Waals surface area (Å²) >= 11 is 0. The molecule has 0 aliphatic rings. The first-order valence-electron chi connectivity index (χ1n) is 30.4. The monoisotopic (exact) mass is 1240 g/mol. The molecule has 4 aromatic heterocycles. The lowest BCUT2D eigenvalue weighted by Gasteiger charge is -2.17. The van der Waals surface area contributed by atoms with Gasteiger partial charge in [-0.2, -0.15) is 0 Å². The number of hydrogen-bond acceptors (Lipinski definition) is 16. The third-order valence-corrected chi connectivity index (χ3v) is 16.4. The normalized spacial score (nSPS) is 13.9.